The number of rotatable bonds is 8. The second kappa shape index (κ2) is 17.7. The summed E-state index contributed by atoms with van der Waals surface area (Å²) in [4.78, 5) is 5.00. The third kappa shape index (κ3) is 9.32. The molecule has 0 amide bonds. The molecule has 7 aromatic carbocycles. The second-order valence-electron chi connectivity index (χ2n) is 23.2. The molecule has 71 heavy (non-hydrogen) atoms. The third-order valence-corrected chi connectivity index (χ3v) is 13.7. The van der Waals surface area contributed by atoms with Crippen LogP contribution in [0.2, 0.25) is 0 Å². The Morgan fingerprint density at radius 3 is 1.72 bits per heavy atom. The van der Waals surface area contributed by atoms with Crippen LogP contribution in [-0.2, 0) is 21.7 Å². The molecule has 0 spiro atoms. The predicted octanol–water partition coefficient (Wildman–Crippen LogP) is 16.4. The summed E-state index contributed by atoms with van der Waals surface area (Å²) in [7, 11) is 0. The van der Waals surface area contributed by atoms with Gasteiger partial charge >= 0.3 is 0 Å². The van der Waals surface area contributed by atoms with Crippen LogP contribution in [0.15, 0.2) is 176 Å². The van der Waals surface area contributed by atoms with Gasteiger partial charge in [0.05, 0.1) is 22.4 Å². The number of hydrogen-bond acceptors (Lipinski definition) is 3. The van der Waals surface area contributed by atoms with Crippen molar-refractivity contribution in [2.45, 2.75) is 105 Å². The van der Waals surface area contributed by atoms with E-state index in [-0.39, 0.29) is 21.7 Å². The normalized spacial score (nSPS) is 12.5. The van der Waals surface area contributed by atoms with Gasteiger partial charge in [-0.05, 0) is 103 Å². The van der Waals surface area contributed by atoms with Crippen LogP contribution in [0.3, 0.4) is 0 Å². The molecule has 356 valence electrons. The first-order chi connectivity index (χ1) is 33.7. The van der Waals surface area contributed by atoms with Gasteiger partial charge in [-0.3, -0.25) is 9.13 Å². The lowest BCUT2D eigenvalue weighted by atomic mass is 9.80. The highest BCUT2D eigenvalue weighted by atomic mass is 16.5. The largest absolute Gasteiger partial charge is 0.458 e. The lowest BCUT2D eigenvalue weighted by Crippen LogP contribution is -2.34. The fraction of sp³-hybridized carbons (Fsp3) is 0.246. The summed E-state index contributed by atoms with van der Waals surface area (Å²) < 4.78 is 13.4. The molecule has 0 saturated carbocycles. The van der Waals surface area contributed by atoms with Crippen molar-refractivity contribution in [3.05, 3.63) is 205 Å². The van der Waals surface area contributed by atoms with Crippen molar-refractivity contribution in [3.63, 3.8) is 0 Å². The SMILES string of the molecule is CC(C)(C)c1cc(-[n+]2[c-]n(-c3cccc(Oc4cc(-c5ccccc5)c5c6ccccc6n(-c6cc(C(C)(C)C)ccn6)c5c4)c3)c(-c3cc(C(C)(C)C)ccc3-c3ccccc3)n2)cc(C(C)(C)C)c1. The minimum absolute atomic E-state index is 0.0545. The van der Waals surface area contributed by atoms with Crippen molar-refractivity contribution in [1.29, 1.82) is 0 Å². The van der Waals surface area contributed by atoms with E-state index < -0.39 is 0 Å². The Labute approximate surface area is 420 Å². The highest BCUT2D eigenvalue weighted by Crippen LogP contribution is 2.43. The molecule has 0 aliphatic heterocycles. The Morgan fingerprint density at radius 1 is 0.465 bits per heavy atom. The van der Waals surface area contributed by atoms with Crippen LogP contribution in [0.4, 0.5) is 0 Å². The predicted molar refractivity (Wildman–Crippen MR) is 294 cm³/mol. The first-order valence-corrected chi connectivity index (χ1v) is 24.9. The van der Waals surface area contributed by atoms with Crippen LogP contribution < -0.4 is 9.42 Å². The van der Waals surface area contributed by atoms with E-state index in [1.165, 1.54) is 22.3 Å². The van der Waals surface area contributed by atoms with Gasteiger partial charge in [-0.1, -0.05) is 210 Å². The van der Waals surface area contributed by atoms with Gasteiger partial charge in [-0.2, -0.15) is 4.68 Å². The second-order valence-corrected chi connectivity index (χ2v) is 23.2. The minimum atomic E-state index is -0.103. The molecule has 0 saturated heterocycles. The average molecular weight is 932 g/mol. The number of ether oxygens (including phenoxy) is 1. The first kappa shape index (κ1) is 47.1. The lowest BCUT2D eigenvalue weighted by molar-refractivity contribution is -0.660. The minimum Gasteiger partial charge on any atom is -0.458 e. The van der Waals surface area contributed by atoms with E-state index in [4.69, 9.17) is 14.8 Å². The summed E-state index contributed by atoms with van der Waals surface area (Å²) in [5.74, 6) is 3.04. The molecule has 3 aromatic heterocycles. The summed E-state index contributed by atoms with van der Waals surface area (Å²) in [6.45, 7) is 27.2. The molecule has 10 aromatic rings. The molecule has 6 heteroatoms. The maximum Gasteiger partial charge on any atom is 0.273 e. The highest BCUT2D eigenvalue weighted by molar-refractivity contribution is 6.16. The quantitative estimate of drug-likeness (QED) is 0.113. The maximum absolute atomic E-state index is 7.09. The Kier molecular flexibility index (Phi) is 11.7. The number of hydrogen-bond donors (Lipinski definition) is 0. The van der Waals surface area contributed by atoms with Gasteiger partial charge in [0, 0.05) is 28.6 Å². The Balaban J connectivity index is 1.18. The van der Waals surface area contributed by atoms with Crippen LogP contribution in [0.5, 0.6) is 11.5 Å². The van der Waals surface area contributed by atoms with Crippen molar-refractivity contribution in [3.8, 4) is 62.3 Å². The van der Waals surface area contributed by atoms with E-state index in [1.54, 1.807) is 0 Å². The molecule has 0 N–H and O–H groups in total. The fourth-order valence-electron chi connectivity index (χ4n) is 9.49. The van der Waals surface area contributed by atoms with Crippen LogP contribution in [0, 0.1) is 6.33 Å². The van der Waals surface area contributed by atoms with Crippen LogP contribution in [-0.4, -0.2) is 19.2 Å². The summed E-state index contributed by atoms with van der Waals surface area (Å²) in [6.07, 6.45) is 5.69. The Hall–Kier alpha value is -7.57. The highest BCUT2D eigenvalue weighted by Gasteiger charge is 2.26. The number of benzene rings is 7. The number of fused-ring (bicyclic) bond motifs is 3. The summed E-state index contributed by atoms with van der Waals surface area (Å²) in [5.41, 5.74) is 14.0. The van der Waals surface area contributed by atoms with Crippen LogP contribution in [0.25, 0.3) is 72.6 Å². The van der Waals surface area contributed by atoms with E-state index in [0.717, 1.165) is 72.6 Å². The van der Waals surface area contributed by atoms with Crippen molar-refractivity contribution < 1.29 is 9.42 Å². The topological polar surface area (TPSA) is 48.8 Å². The molecular weight excluding hydrogens is 867 g/mol. The molecule has 10 rings (SSSR count). The molecular formula is C65H65N5O. The van der Waals surface area contributed by atoms with Gasteiger partial charge in [0.2, 0.25) is 0 Å². The summed E-state index contributed by atoms with van der Waals surface area (Å²) >= 11 is 0. The van der Waals surface area contributed by atoms with Gasteiger partial charge in [-0.25, -0.2) is 4.98 Å². The molecule has 3 heterocycles. The summed E-state index contributed by atoms with van der Waals surface area (Å²) in [6, 6.07) is 60.6. The molecule has 0 fully saturated rings. The summed E-state index contributed by atoms with van der Waals surface area (Å²) in [5, 5.41) is 7.83. The molecule has 0 aliphatic carbocycles. The van der Waals surface area contributed by atoms with Gasteiger partial charge in [-0.15, -0.1) is 5.10 Å². The smallest absolute Gasteiger partial charge is 0.273 e. The molecule has 6 nitrogen and oxygen atoms in total. The molecule has 0 unspecified atom stereocenters. The lowest BCUT2D eigenvalue weighted by Gasteiger charge is -2.26. The van der Waals surface area contributed by atoms with Gasteiger partial charge in [0.1, 0.15) is 17.3 Å². The standard InChI is InChI=1S/C65H65N5O/c1-62(2,3)45-30-31-53(43-22-15-13-16-23-43)56(37-45)61-67-69(50-35-47(64(7,8)9)34-48(36-50)65(10,11)12)42-68(61)49-26-21-27-51(39-49)71-52-40-55(44-24-17-14-18-25-44)60-54-28-19-20-29-57(54)70(58(60)41-52)59-38-46(32-33-66-59)63(4,5)6/h13-41H,1-12H3. The number of nitrogens with zero attached hydrogens (tertiary/aromatic N) is 5. The number of para-hydroxylation sites is 1. The van der Waals surface area contributed by atoms with Gasteiger partial charge in [0.15, 0.2) is 5.82 Å². The van der Waals surface area contributed by atoms with Crippen LogP contribution >= 0.6 is 0 Å². The van der Waals surface area contributed by atoms with Crippen molar-refractivity contribution in [2.75, 3.05) is 0 Å². The van der Waals surface area contributed by atoms with Crippen LogP contribution in [0.1, 0.15) is 105 Å². The first-order valence-electron chi connectivity index (χ1n) is 24.9. The number of aromatic nitrogens is 5. The number of pyridine rings is 1. The Morgan fingerprint density at radius 2 is 1.07 bits per heavy atom. The fourth-order valence-corrected chi connectivity index (χ4v) is 9.49. The van der Waals surface area contributed by atoms with Gasteiger partial charge < -0.3 is 4.74 Å². The zero-order chi connectivity index (χ0) is 50.0. The monoisotopic (exact) mass is 932 g/mol. The molecule has 0 atom stereocenters. The Bertz CT molecular complexity index is 3560. The van der Waals surface area contributed by atoms with Gasteiger partial charge in [0.25, 0.3) is 6.33 Å². The van der Waals surface area contributed by atoms with E-state index in [0.29, 0.717) is 11.5 Å². The van der Waals surface area contributed by atoms with E-state index in [9.17, 15) is 0 Å². The zero-order valence-corrected chi connectivity index (χ0v) is 43.4. The van der Waals surface area contributed by atoms with Crippen molar-refractivity contribution in [1.82, 2.24) is 19.2 Å². The molecule has 0 bridgehead atoms. The van der Waals surface area contributed by atoms with E-state index >= 15 is 0 Å². The third-order valence-electron chi connectivity index (χ3n) is 13.7. The molecule has 0 radical (unpaired) electrons. The average Bonchev–Trinajstić information content (AvgIpc) is 3.94. The molecule has 0 aliphatic rings. The maximum atomic E-state index is 7.09. The van der Waals surface area contributed by atoms with Crippen molar-refractivity contribution >= 4 is 21.8 Å². The van der Waals surface area contributed by atoms with Crippen molar-refractivity contribution in [2.24, 2.45) is 0 Å². The zero-order valence-electron chi connectivity index (χ0n) is 43.4. The van der Waals surface area contributed by atoms with E-state index in [1.807, 2.05) is 16.9 Å². The van der Waals surface area contributed by atoms with E-state index in [2.05, 4.69) is 262 Å².